The van der Waals surface area contributed by atoms with Crippen LogP contribution in [0, 0.1) is 0 Å². The van der Waals surface area contributed by atoms with Gasteiger partial charge in [-0.1, -0.05) is 25.3 Å². The molecular weight excluding hydrogens is 292 g/mol. The molecule has 3 rings (SSSR count). The molecule has 1 fully saturated rings. The molecule has 1 aliphatic rings. The molecule has 1 saturated carbocycles. The van der Waals surface area contributed by atoms with Crippen molar-refractivity contribution in [3.05, 3.63) is 36.3 Å². The zero-order valence-electron chi connectivity index (χ0n) is 13.3. The molecule has 0 bridgehead atoms. The molecule has 23 heavy (non-hydrogen) atoms. The van der Waals surface area contributed by atoms with Crippen LogP contribution in [0.5, 0.6) is 0 Å². The van der Waals surface area contributed by atoms with Crippen LogP contribution in [-0.4, -0.2) is 33.3 Å². The molecule has 0 unspecified atom stereocenters. The van der Waals surface area contributed by atoms with Gasteiger partial charge in [0.2, 0.25) is 5.91 Å². The lowest BCUT2D eigenvalue weighted by Crippen LogP contribution is -2.59. The van der Waals surface area contributed by atoms with Crippen LogP contribution in [0.1, 0.15) is 49.5 Å². The number of carbonyl (C=O) groups excluding carboxylic acids is 2. The minimum absolute atomic E-state index is 0.0863. The number of fused-ring (bicyclic) bond motifs is 1. The zero-order chi connectivity index (χ0) is 16.3. The van der Waals surface area contributed by atoms with Gasteiger partial charge in [0.25, 0.3) is 5.91 Å². The third kappa shape index (κ3) is 3.06. The number of pyridine rings is 1. The fraction of sp³-hybridized carbons (Fsp3) is 0.471. The lowest BCUT2D eigenvalue weighted by Gasteiger charge is -2.36. The summed E-state index contributed by atoms with van der Waals surface area (Å²) in [6.45, 7) is 2.45. The number of nitrogens with one attached hydrogen (secondary N) is 2. The Morgan fingerprint density at radius 1 is 1.26 bits per heavy atom. The van der Waals surface area contributed by atoms with E-state index in [-0.39, 0.29) is 11.8 Å². The number of nitrogens with zero attached hydrogens (tertiary/aromatic N) is 2. The lowest BCUT2D eigenvalue weighted by atomic mass is 9.80. The second-order valence-corrected chi connectivity index (χ2v) is 6.05. The number of carbonyl (C=O) groups is 2. The van der Waals surface area contributed by atoms with E-state index in [1.54, 1.807) is 10.6 Å². The summed E-state index contributed by atoms with van der Waals surface area (Å²) in [4.78, 5) is 29.5. The average Bonchev–Trinajstić information content (AvgIpc) is 3.00. The maximum atomic E-state index is 12.6. The van der Waals surface area contributed by atoms with Crippen molar-refractivity contribution in [2.45, 2.75) is 44.6 Å². The summed E-state index contributed by atoms with van der Waals surface area (Å²) in [5, 5.41) is 5.83. The van der Waals surface area contributed by atoms with Crippen LogP contribution in [0.15, 0.2) is 30.6 Å². The topological polar surface area (TPSA) is 75.5 Å². The molecular formula is C17H22N4O2. The van der Waals surface area contributed by atoms with Crippen molar-refractivity contribution in [2.24, 2.45) is 0 Å². The first kappa shape index (κ1) is 15.5. The number of amides is 2. The highest BCUT2D eigenvalue weighted by molar-refractivity contribution is 5.98. The molecule has 122 valence electrons. The van der Waals surface area contributed by atoms with Gasteiger partial charge in [0.05, 0.1) is 0 Å². The minimum Gasteiger partial charge on any atom is -0.354 e. The van der Waals surface area contributed by atoms with Crippen LogP contribution in [0.25, 0.3) is 5.65 Å². The summed E-state index contributed by atoms with van der Waals surface area (Å²) in [6, 6.07) is 5.60. The van der Waals surface area contributed by atoms with E-state index in [9.17, 15) is 9.59 Å². The summed E-state index contributed by atoms with van der Waals surface area (Å²) in [5.41, 5.74) is 0.250. The minimum atomic E-state index is -0.804. The van der Waals surface area contributed by atoms with E-state index in [1.165, 1.54) is 0 Å². The summed E-state index contributed by atoms with van der Waals surface area (Å²) < 4.78 is 1.80. The molecule has 0 aliphatic heterocycles. The van der Waals surface area contributed by atoms with Crippen molar-refractivity contribution in [3.8, 4) is 0 Å². The maximum absolute atomic E-state index is 12.6. The van der Waals surface area contributed by atoms with E-state index in [0.29, 0.717) is 30.7 Å². The van der Waals surface area contributed by atoms with Crippen LogP contribution >= 0.6 is 0 Å². The highest BCUT2D eigenvalue weighted by Gasteiger charge is 2.41. The van der Waals surface area contributed by atoms with Gasteiger partial charge in [-0.25, -0.2) is 4.98 Å². The molecule has 6 nitrogen and oxygen atoms in total. The van der Waals surface area contributed by atoms with E-state index < -0.39 is 5.54 Å². The van der Waals surface area contributed by atoms with E-state index in [4.69, 9.17) is 0 Å². The van der Waals surface area contributed by atoms with Gasteiger partial charge in [-0.05, 0) is 31.9 Å². The van der Waals surface area contributed by atoms with E-state index in [2.05, 4.69) is 15.6 Å². The van der Waals surface area contributed by atoms with Gasteiger partial charge in [-0.3, -0.25) is 9.59 Å². The van der Waals surface area contributed by atoms with E-state index in [0.717, 1.165) is 19.3 Å². The van der Waals surface area contributed by atoms with Crippen molar-refractivity contribution in [1.29, 1.82) is 0 Å². The van der Waals surface area contributed by atoms with Crippen LogP contribution in [0.4, 0.5) is 0 Å². The van der Waals surface area contributed by atoms with Crippen molar-refractivity contribution in [2.75, 3.05) is 6.54 Å². The third-order valence-corrected chi connectivity index (χ3v) is 4.43. The molecule has 2 amide bonds. The number of rotatable bonds is 4. The molecule has 2 aromatic heterocycles. The van der Waals surface area contributed by atoms with Crippen molar-refractivity contribution >= 4 is 17.5 Å². The Hall–Kier alpha value is -2.37. The molecule has 0 aromatic carbocycles. The van der Waals surface area contributed by atoms with Crippen LogP contribution in [-0.2, 0) is 4.79 Å². The Morgan fingerprint density at radius 3 is 2.74 bits per heavy atom. The first-order valence-corrected chi connectivity index (χ1v) is 8.19. The van der Waals surface area contributed by atoms with Crippen molar-refractivity contribution in [3.63, 3.8) is 0 Å². The monoisotopic (exact) mass is 314 g/mol. The SMILES string of the molecule is CCNC(=O)C1(NC(=O)c2cn3ccccc3n2)CCCCC1. The molecule has 6 heteroatoms. The number of likely N-dealkylation sites (N-methyl/N-ethyl adjacent to an activating group) is 1. The fourth-order valence-electron chi connectivity index (χ4n) is 3.22. The molecule has 2 aromatic rings. The third-order valence-electron chi connectivity index (χ3n) is 4.43. The van der Waals surface area contributed by atoms with Gasteiger partial charge < -0.3 is 15.0 Å². The second-order valence-electron chi connectivity index (χ2n) is 6.05. The average molecular weight is 314 g/mol. The second kappa shape index (κ2) is 6.40. The molecule has 2 N–H and O–H groups in total. The molecule has 0 atom stereocenters. The summed E-state index contributed by atoms with van der Waals surface area (Å²) >= 11 is 0. The molecule has 0 spiro atoms. The molecule has 1 aliphatic carbocycles. The Balaban J connectivity index is 1.83. The summed E-state index contributed by atoms with van der Waals surface area (Å²) in [5.74, 6) is -0.376. The lowest BCUT2D eigenvalue weighted by molar-refractivity contribution is -0.128. The molecule has 0 radical (unpaired) electrons. The number of aromatic nitrogens is 2. The van der Waals surface area contributed by atoms with Gasteiger partial charge in [0, 0.05) is 18.9 Å². The maximum Gasteiger partial charge on any atom is 0.272 e. The van der Waals surface area contributed by atoms with Gasteiger partial charge in [0.1, 0.15) is 16.9 Å². The first-order valence-electron chi connectivity index (χ1n) is 8.19. The zero-order valence-corrected chi connectivity index (χ0v) is 13.3. The summed E-state index contributed by atoms with van der Waals surface area (Å²) in [6.07, 6.45) is 7.89. The highest BCUT2D eigenvalue weighted by Crippen LogP contribution is 2.29. The van der Waals surface area contributed by atoms with Crippen molar-refractivity contribution < 1.29 is 9.59 Å². The van der Waals surface area contributed by atoms with Crippen LogP contribution < -0.4 is 10.6 Å². The smallest absolute Gasteiger partial charge is 0.272 e. The molecule has 0 saturated heterocycles. The predicted octanol–water partition coefficient (Wildman–Crippen LogP) is 1.90. The number of hydrogen-bond acceptors (Lipinski definition) is 3. The van der Waals surface area contributed by atoms with Crippen molar-refractivity contribution in [1.82, 2.24) is 20.0 Å². The number of imidazole rings is 1. The van der Waals surface area contributed by atoms with Gasteiger partial charge in [-0.15, -0.1) is 0 Å². The van der Waals surface area contributed by atoms with E-state index >= 15 is 0 Å². The highest BCUT2D eigenvalue weighted by atomic mass is 16.2. The van der Waals surface area contributed by atoms with Gasteiger partial charge in [-0.2, -0.15) is 0 Å². The fourth-order valence-corrected chi connectivity index (χ4v) is 3.22. The Labute approximate surface area is 135 Å². The number of hydrogen-bond donors (Lipinski definition) is 2. The van der Waals surface area contributed by atoms with E-state index in [1.807, 2.05) is 31.3 Å². The Bertz CT molecular complexity index is 683. The standard InChI is InChI=1S/C17H22N4O2/c1-2-18-16(23)17(9-5-3-6-10-17)20-15(22)13-12-21-11-7-4-8-14(21)19-13/h4,7-8,11-12H,2-3,5-6,9-10H2,1H3,(H,18,23)(H,20,22). The predicted molar refractivity (Wildman–Crippen MR) is 87.2 cm³/mol. The largest absolute Gasteiger partial charge is 0.354 e. The normalized spacial score (nSPS) is 16.9. The van der Waals surface area contributed by atoms with Gasteiger partial charge in [0.15, 0.2) is 0 Å². The summed E-state index contributed by atoms with van der Waals surface area (Å²) in [7, 11) is 0. The van der Waals surface area contributed by atoms with Crippen LogP contribution in [0.3, 0.4) is 0 Å². The molecule has 2 heterocycles. The van der Waals surface area contributed by atoms with Gasteiger partial charge >= 0.3 is 0 Å². The Kier molecular flexibility index (Phi) is 4.32. The van der Waals surface area contributed by atoms with Crippen LogP contribution in [0.2, 0.25) is 0 Å². The quantitative estimate of drug-likeness (QED) is 0.905. The first-order chi connectivity index (χ1) is 11.1. The Morgan fingerprint density at radius 2 is 2.04 bits per heavy atom.